The number of pyridine rings is 2. The summed E-state index contributed by atoms with van der Waals surface area (Å²) in [6.07, 6.45) is 7.25. The highest BCUT2D eigenvalue weighted by Gasteiger charge is 2.65. The Morgan fingerprint density at radius 1 is 0.703 bits per heavy atom. The van der Waals surface area contributed by atoms with Gasteiger partial charge in [0.15, 0.2) is 11.7 Å². The number of aromatic nitrogens is 2. The molecule has 0 radical (unpaired) electrons. The van der Waals surface area contributed by atoms with Crippen molar-refractivity contribution in [3.63, 3.8) is 0 Å². The van der Waals surface area contributed by atoms with Gasteiger partial charge < -0.3 is 9.47 Å². The number of hydrogen-bond acceptors (Lipinski definition) is 6. The van der Waals surface area contributed by atoms with E-state index in [2.05, 4.69) is 16.0 Å². The third-order valence-electron chi connectivity index (χ3n) is 7.06. The van der Waals surface area contributed by atoms with E-state index >= 15 is 0 Å². The number of fused-ring (bicyclic) bond motifs is 1. The number of carbonyl (C=O) groups excluding carboxylic acids is 2. The SMILES string of the molecule is CC(=O)OC1C(Cc2ccncc2)(Cc2ccncc2)c2ccccc2C1(OC(C)=O)c1ccccc1. The van der Waals surface area contributed by atoms with Crippen molar-refractivity contribution in [1.29, 1.82) is 0 Å². The number of carbonyl (C=O) groups is 2. The van der Waals surface area contributed by atoms with Crippen LogP contribution in [0.15, 0.2) is 104 Å². The highest BCUT2D eigenvalue weighted by atomic mass is 16.6. The molecule has 0 bridgehead atoms. The lowest BCUT2D eigenvalue weighted by Gasteiger charge is -2.42. The van der Waals surface area contributed by atoms with Crippen LogP contribution in [0.2, 0.25) is 0 Å². The Morgan fingerprint density at radius 2 is 1.22 bits per heavy atom. The molecule has 2 unspecified atom stereocenters. The third kappa shape index (κ3) is 4.40. The molecule has 4 aromatic rings. The van der Waals surface area contributed by atoms with Gasteiger partial charge in [-0.05, 0) is 53.8 Å². The van der Waals surface area contributed by atoms with Crippen molar-refractivity contribution in [3.8, 4) is 0 Å². The standard InChI is InChI=1S/C31H28N2O4/c1-22(34)36-29-30(20-24-12-16-32-17-13-24,21-25-14-18-33-19-15-25)27-10-6-7-11-28(27)31(29,37-23(2)35)26-8-4-3-5-9-26/h3-19,29H,20-21H2,1-2H3. The highest BCUT2D eigenvalue weighted by Crippen LogP contribution is 2.57. The summed E-state index contributed by atoms with van der Waals surface area (Å²) in [4.78, 5) is 33.9. The molecule has 37 heavy (non-hydrogen) atoms. The first kappa shape index (κ1) is 24.4. The van der Waals surface area contributed by atoms with E-state index in [1.54, 1.807) is 24.8 Å². The van der Waals surface area contributed by atoms with Crippen LogP contribution in [0.5, 0.6) is 0 Å². The molecule has 0 spiro atoms. The summed E-state index contributed by atoms with van der Waals surface area (Å²) in [6.45, 7) is 2.79. The number of ether oxygens (including phenoxy) is 2. The van der Waals surface area contributed by atoms with Crippen molar-refractivity contribution < 1.29 is 19.1 Å². The monoisotopic (exact) mass is 492 g/mol. The molecule has 0 saturated carbocycles. The van der Waals surface area contributed by atoms with E-state index in [1.165, 1.54) is 13.8 Å². The summed E-state index contributed by atoms with van der Waals surface area (Å²) < 4.78 is 12.6. The van der Waals surface area contributed by atoms with Gasteiger partial charge in [-0.2, -0.15) is 0 Å². The predicted molar refractivity (Wildman–Crippen MR) is 139 cm³/mol. The Hall–Kier alpha value is -4.32. The molecular formula is C31H28N2O4. The molecule has 1 aliphatic carbocycles. The van der Waals surface area contributed by atoms with Gasteiger partial charge in [-0.1, -0.05) is 54.6 Å². The van der Waals surface area contributed by atoms with Gasteiger partial charge in [0.05, 0.1) is 0 Å². The first-order valence-corrected chi connectivity index (χ1v) is 12.3. The number of rotatable bonds is 7. The Balaban J connectivity index is 1.85. The zero-order valence-corrected chi connectivity index (χ0v) is 20.8. The van der Waals surface area contributed by atoms with Crippen LogP contribution in [0, 0.1) is 0 Å². The number of nitrogens with zero attached hydrogens (tertiary/aromatic N) is 2. The van der Waals surface area contributed by atoms with Gasteiger partial charge in [0, 0.05) is 55.2 Å². The van der Waals surface area contributed by atoms with Crippen LogP contribution in [-0.4, -0.2) is 28.0 Å². The summed E-state index contributed by atoms with van der Waals surface area (Å²) in [5.41, 5.74) is 2.48. The van der Waals surface area contributed by atoms with Crippen LogP contribution in [0.4, 0.5) is 0 Å². The van der Waals surface area contributed by atoms with Crippen LogP contribution in [-0.2, 0) is 42.9 Å². The van der Waals surface area contributed by atoms with Gasteiger partial charge in [0.25, 0.3) is 0 Å². The second-order valence-corrected chi connectivity index (χ2v) is 9.45. The largest absolute Gasteiger partial charge is 0.457 e. The first-order chi connectivity index (χ1) is 18.0. The van der Waals surface area contributed by atoms with E-state index in [1.807, 2.05) is 72.8 Å². The number of hydrogen-bond donors (Lipinski definition) is 0. The van der Waals surface area contributed by atoms with Crippen LogP contribution in [0.3, 0.4) is 0 Å². The molecule has 0 aliphatic heterocycles. The van der Waals surface area contributed by atoms with Gasteiger partial charge in [-0.25, -0.2) is 0 Å². The average molecular weight is 493 g/mol. The maximum Gasteiger partial charge on any atom is 0.304 e. The molecule has 0 saturated heterocycles. The van der Waals surface area contributed by atoms with Crippen molar-refractivity contribution >= 4 is 11.9 Å². The van der Waals surface area contributed by atoms with Crippen molar-refractivity contribution in [3.05, 3.63) is 131 Å². The van der Waals surface area contributed by atoms with Gasteiger partial charge in [-0.3, -0.25) is 19.6 Å². The van der Waals surface area contributed by atoms with Gasteiger partial charge in [-0.15, -0.1) is 0 Å². The first-order valence-electron chi connectivity index (χ1n) is 12.3. The van der Waals surface area contributed by atoms with E-state index < -0.39 is 29.1 Å². The van der Waals surface area contributed by atoms with Crippen LogP contribution >= 0.6 is 0 Å². The lowest BCUT2D eigenvalue weighted by molar-refractivity contribution is -0.184. The minimum absolute atomic E-state index is 0.445. The summed E-state index contributed by atoms with van der Waals surface area (Å²) in [7, 11) is 0. The topological polar surface area (TPSA) is 78.4 Å². The minimum atomic E-state index is -1.34. The minimum Gasteiger partial charge on any atom is -0.457 e. The van der Waals surface area contributed by atoms with Crippen LogP contribution < -0.4 is 0 Å². The Kier molecular flexibility index (Phi) is 6.57. The van der Waals surface area contributed by atoms with Crippen LogP contribution in [0.25, 0.3) is 0 Å². The summed E-state index contributed by atoms with van der Waals surface area (Å²) in [5, 5.41) is 0. The van der Waals surface area contributed by atoms with Crippen molar-refractivity contribution in [2.45, 2.75) is 43.8 Å². The molecule has 1 aliphatic rings. The van der Waals surface area contributed by atoms with E-state index in [9.17, 15) is 9.59 Å². The van der Waals surface area contributed by atoms with E-state index in [0.717, 1.165) is 27.8 Å². The molecule has 5 rings (SSSR count). The van der Waals surface area contributed by atoms with Crippen molar-refractivity contribution in [2.24, 2.45) is 0 Å². The molecule has 2 aromatic carbocycles. The third-order valence-corrected chi connectivity index (χ3v) is 7.06. The average Bonchev–Trinajstić information content (AvgIpc) is 3.11. The molecule has 6 heteroatoms. The molecule has 186 valence electrons. The molecule has 2 aromatic heterocycles. The van der Waals surface area contributed by atoms with Gasteiger partial charge >= 0.3 is 11.9 Å². The Morgan fingerprint density at radius 3 is 1.73 bits per heavy atom. The quantitative estimate of drug-likeness (QED) is 0.340. The van der Waals surface area contributed by atoms with E-state index in [0.29, 0.717) is 12.8 Å². The molecule has 2 heterocycles. The fraction of sp³-hybridized carbons (Fsp3) is 0.226. The van der Waals surface area contributed by atoms with E-state index in [4.69, 9.17) is 9.47 Å². The van der Waals surface area contributed by atoms with E-state index in [-0.39, 0.29) is 0 Å². The normalized spacial score (nSPS) is 19.6. The maximum absolute atomic E-state index is 12.8. The molecule has 0 fully saturated rings. The van der Waals surface area contributed by atoms with Gasteiger partial charge in [0.1, 0.15) is 0 Å². The maximum atomic E-state index is 12.8. The fourth-order valence-corrected chi connectivity index (χ4v) is 5.83. The summed E-state index contributed by atoms with van der Waals surface area (Å²) >= 11 is 0. The smallest absolute Gasteiger partial charge is 0.304 e. The van der Waals surface area contributed by atoms with Crippen molar-refractivity contribution in [2.75, 3.05) is 0 Å². The molecule has 0 N–H and O–H groups in total. The predicted octanol–water partition coefficient (Wildman–Crippen LogP) is 4.95. The second kappa shape index (κ2) is 9.97. The molecular weight excluding hydrogens is 464 g/mol. The molecule has 0 amide bonds. The Labute approximate surface area is 216 Å². The summed E-state index contributed by atoms with van der Waals surface area (Å²) in [5.74, 6) is -0.904. The Bertz CT molecular complexity index is 1350. The lowest BCUT2D eigenvalue weighted by atomic mass is 9.69. The second-order valence-electron chi connectivity index (χ2n) is 9.45. The van der Waals surface area contributed by atoms with Crippen molar-refractivity contribution in [1.82, 2.24) is 9.97 Å². The number of benzene rings is 2. The zero-order valence-electron chi connectivity index (χ0n) is 20.8. The zero-order chi connectivity index (χ0) is 25.9. The van der Waals surface area contributed by atoms with Gasteiger partial charge in [0.2, 0.25) is 0 Å². The van der Waals surface area contributed by atoms with Crippen LogP contribution in [0.1, 0.15) is 41.7 Å². The molecule has 2 atom stereocenters. The highest BCUT2D eigenvalue weighted by molar-refractivity contribution is 5.71. The lowest BCUT2D eigenvalue weighted by Crippen LogP contribution is -2.53. The summed E-state index contributed by atoms with van der Waals surface area (Å²) in [6, 6.07) is 25.4. The fourth-order valence-electron chi connectivity index (χ4n) is 5.83. The molecule has 6 nitrogen and oxygen atoms in total. The number of esters is 2.